The van der Waals surface area contributed by atoms with Crippen LogP contribution in [-0.2, 0) is 6.42 Å². The highest BCUT2D eigenvalue weighted by atomic mass is 32.2. The van der Waals surface area contributed by atoms with Crippen LogP contribution < -0.4 is 4.90 Å². The molecule has 0 saturated carbocycles. The number of likely N-dealkylation sites (N-methyl/N-ethyl adjacent to an activating group) is 1. The molecule has 1 atom stereocenters. The lowest BCUT2D eigenvalue weighted by atomic mass is 9.96. The summed E-state index contributed by atoms with van der Waals surface area (Å²) in [6.07, 6.45) is 1.11. The first kappa shape index (κ1) is 17.0. The number of anilines is 1. The van der Waals surface area contributed by atoms with Gasteiger partial charge in [0.1, 0.15) is 0 Å². The van der Waals surface area contributed by atoms with E-state index in [4.69, 9.17) is 0 Å². The van der Waals surface area contributed by atoms with E-state index < -0.39 is 0 Å². The summed E-state index contributed by atoms with van der Waals surface area (Å²) in [6.45, 7) is 4.63. The molecule has 132 valence electrons. The maximum Gasteiger partial charge on any atom is 0.0401 e. The van der Waals surface area contributed by atoms with Gasteiger partial charge in [0.05, 0.1) is 0 Å². The third kappa shape index (κ3) is 3.43. The predicted molar refractivity (Wildman–Crippen MR) is 107 cm³/mol. The molecular formula is C21H27N3S. The molecule has 2 aromatic carbocycles. The van der Waals surface area contributed by atoms with Crippen LogP contribution >= 0.6 is 11.8 Å². The minimum absolute atomic E-state index is 0.472. The number of rotatable bonds is 2. The molecule has 2 heterocycles. The van der Waals surface area contributed by atoms with Gasteiger partial charge < -0.3 is 9.80 Å². The van der Waals surface area contributed by atoms with Crippen LogP contribution in [0.25, 0.3) is 0 Å². The monoisotopic (exact) mass is 353 g/mol. The van der Waals surface area contributed by atoms with E-state index in [1.807, 2.05) is 11.8 Å². The molecule has 0 aliphatic carbocycles. The number of nitrogens with zero attached hydrogens (tertiary/aromatic N) is 3. The van der Waals surface area contributed by atoms with Gasteiger partial charge in [-0.2, -0.15) is 0 Å². The molecule has 2 aliphatic rings. The third-order valence-corrected chi connectivity index (χ3v) is 6.66. The van der Waals surface area contributed by atoms with Crippen LogP contribution in [0.3, 0.4) is 0 Å². The van der Waals surface area contributed by atoms with Gasteiger partial charge in [0.15, 0.2) is 0 Å². The van der Waals surface area contributed by atoms with Crippen LogP contribution in [0.1, 0.15) is 17.2 Å². The highest BCUT2D eigenvalue weighted by Crippen LogP contribution is 2.44. The van der Waals surface area contributed by atoms with E-state index in [-0.39, 0.29) is 0 Å². The van der Waals surface area contributed by atoms with E-state index in [1.54, 1.807) is 0 Å². The fourth-order valence-electron chi connectivity index (χ4n) is 3.84. The second-order valence-corrected chi connectivity index (χ2v) is 8.47. The summed E-state index contributed by atoms with van der Waals surface area (Å²) in [4.78, 5) is 10.2. The van der Waals surface area contributed by atoms with E-state index >= 15 is 0 Å². The summed E-state index contributed by atoms with van der Waals surface area (Å²) < 4.78 is 0. The smallest absolute Gasteiger partial charge is 0.0401 e. The Morgan fingerprint density at radius 2 is 1.72 bits per heavy atom. The van der Waals surface area contributed by atoms with Crippen LogP contribution in [0, 0.1) is 0 Å². The molecule has 0 N–H and O–H groups in total. The van der Waals surface area contributed by atoms with E-state index in [0.717, 1.165) is 32.6 Å². The zero-order chi connectivity index (χ0) is 17.4. The molecule has 0 spiro atoms. The Kier molecular flexibility index (Phi) is 4.76. The van der Waals surface area contributed by atoms with E-state index in [0.29, 0.717) is 6.04 Å². The van der Waals surface area contributed by atoms with Crippen molar-refractivity contribution in [2.75, 3.05) is 52.2 Å². The predicted octanol–water partition coefficient (Wildman–Crippen LogP) is 3.75. The molecule has 0 bridgehead atoms. The van der Waals surface area contributed by atoms with E-state index in [9.17, 15) is 0 Å². The van der Waals surface area contributed by atoms with Gasteiger partial charge in [0, 0.05) is 61.8 Å². The van der Waals surface area contributed by atoms with Crippen molar-refractivity contribution in [3.63, 3.8) is 0 Å². The summed E-state index contributed by atoms with van der Waals surface area (Å²) >= 11 is 1.94. The van der Waals surface area contributed by atoms with Crippen molar-refractivity contribution in [3.8, 4) is 0 Å². The van der Waals surface area contributed by atoms with Gasteiger partial charge in [0.25, 0.3) is 0 Å². The standard InChI is InChI=1S/C21H27N3S/c1-22(2)17-8-9-21-18(15-17)19(24-12-10-23(3)11-13-24)14-16-6-4-5-7-20(16)25-21/h4-9,15,19H,10-14H2,1-3H3/t19-/m1/s1. The number of hydrogen-bond acceptors (Lipinski definition) is 4. The molecule has 1 fully saturated rings. The van der Waals surface area contributed by atoms with Crippen molar-refractivity contribution >= 4 is 17.4 Å². The highest BCUT2D eigenvalue weighted by molar-refractivity contribution is 7.99. The van der Waals surface area contributed by atoms with Crippen molar-refractivity contribution in [2.45, 2.75) is 22.3 Å². The van der Waals surface area contributed by atoms with Crippen molar-refractivity contribution in [1.29, 1.82) is 0 Å². The molecule has 1 saturated heterocycles. The van der Waals surface area contributed by atoms with Gasteiger partial charge in [0.2, 0.25) is 0 Å². The third-order valence-electron chi connectivity index (χ3n) is 5.45. The molecule has 2 aromatic rings. The normalized spacial score (nSPS) is 21.3. The van der Waals surface area contributed by atoms with Crippen LogP contribution in [0.2, 0.25) is 0 Å². The SMILES string of the molecule is CN1CCN([C@@H]2Cc3ccccc3Sc3ccc(N(C)C)cc32)CC1. The van der Waals surface area contributed by atoms with Gasteiger partial charge in [-0.25, -0.2) is 0 Å². The molecule has 4 rings (SSSR count). The Hall–Kier alpha value is -1.49. The Balaban J connectivity index is 1.77. The Labute approximate surface area is 155 Å². The van der Waals surface area contributed by atoms with Crippen LogP contribution in [0.4, 0.5) is 5.69 Å². The van der Waals surface area contributed by atoms with E-state index in [1.165, 1.54) is 26.6 Å². The summed E-state index contributed by atoms with van der Waals surface area (Å²) in [5.74, 6) is 0. The molecule has 4 heteroatoms. The number of fused-ring (bicyclic) bond motifs is 2. The minimum atomic E-state index is 0.472. The number of benzene rings is 2. The maximum atomic E-state index is 2.70. The van der Waals surface area contributed by atoms with Gasteiger partial charge in [-0.05, 0) is 48.9 Å². The summed E-state index contributed by atoms with van der Waals surface area (Å²) in [5.41, 5.74) is 4.28. The highest BCUT2D eigenvalue weighted by Gasteiger charge is 2.29. The van der Waals surface area contributed by atoms with Gasteiger partial charge in [-0.3, -0.25) is 4.90 Å². The first-order chi connectivity index (χ1) is 12.1. The van der Waals surface area contributed by atoms with Crippen LogP contribution in [0.5, 0.6) is 0 Å². The van der Waals surface area contributed by atoms with Crippen molar-refractivity contribution in [2.24, 2.45) is 0 Å². The average molecular weight is 354 g/mol. The van der Waals surface area contributed by atoms with Crippen LogP contribution in [-0.4, -0.2) is 57.1 Å². The van der Waals surface area contributed by atoms with Crippen molar-refractivity contribution in [3.05, 3.63) is 53.6 Å². The summed E-state index contributed by atoms with van der Waals surface area (Å²) in [7, 11) is 6.49. The quantitative estimate of drug-likeness (QED) is 0.813. The van der Waals surface area contributed by atoms with Gasteiger partial charge >= 0.3 is 0 Å². The Bertz CT molecular complexity index is 751. The molecule has 0 radical (unpaired) electrons. The number of hydrogen-bond donors (Lipinski definition) is 0. The largest absolute Gasteiger partial charge is 0.378 e. The molecule has 0 aromatic heterocycles. The lowest BCUT2D eigenvalue weighted by Crippen LogP contribution is -2.46. The molecule has 0 amide bonds. The lowest BCUT2D eigenvalue weighted by Gasteiger charge is -2.38. The fraction of sp³-hybridized carbons (Fsp3) is 0.429. The topological polar surface area (TPSA) is 9.72 Å². The van der Waals surface area contributed by atoms with Gasteiger partial charge in [-0.15, -0.1) is 0 Å². The molecule has 3 nitrogen and oxygen atoms in total. The first-order valence-electron chi connectivity index (χ1n) is 9.11. The van der Waals surface area contributed by atoms with Crippen molar-refractivity contribution in [1.82, 2.24) is 9.80 Å². The molecule has 25 heavy (non-hydrogen) atoms. The van der Waals surface area contributed by atoms with Crippen LogP contribution in [0.15, 0.2) is 52.3 Å². The zero-order valence-corrected chi connectivity index (χ0v) is 16.2. The minimum Gasteiger partial charge on any atom is -0.378 e. The number of piperazine rings is 1. The zero-order valence-electron chi connectivity index (χ0n) is 15.4. The second-order valence-electron chi connectivity index (χ2n) is 7.39. The second kappa shape index (κ2) is 7.02. The lowest BCUT2D eigenvalue weighted by molar-refractivity contribution is 0.110. The van der Waals surface area contributed by atoms with Gasteiger partial charge in [-0.1, -0.05) is 30.0 Å². The Morgan fingerprint density at radius 3 is 2.48 bits per heavy atom. The summed E-state index contributed by atoms with van der Waals surface area (Å²) in [6, 6.07) is 16.4. The fourth-order valence-corrected chi connectivity index (χ4v) is 4.95. The Morgan fingerprint density at radius 1 is 0.960 bits per heavy atom. The molecular weight excluding hydrogens is 326 g/mol. The first-order valence-corrected chi connectivity index (χ1v) is 9.93. The van der Waals surface area contributed by atoms with E-state index in [2.05, 4.69) is 78.3 Å². The summed E-state index contributed by atoms with van der Waals surface area (Å²) in [5, 5.41) is 0. The maximum absolute atomic E-state index is 2.70. The molecule has 2 aliphatic heterocycles. The molecule has 0 unspecified atom stereocenters. The van der Waals surface area contributed by atoms with Crippen molar-refractivity contribution < 1.29 is 0 Å². The average Bonchev–Trinajstić information content (AvgIpc) is 2.78.